The molecule has 0 fully saturated rings. The lowest BCUT2D eigenvalue weighted by molar-refractivity contribution is 0.0689. The molecule has 1 aromatic rings. The maximum absolute atomic E-state index is 12.4. The van der Waals surface area contributed by atoms with Gasteiger partial charge in [-0.05, 0) is 12.8 Å². The van der Waals surface area contributed by atoms with Crippen molar-refractivity contribution in [2.24, 2.45) is 0 Å². The molecule has 20 heavy (non-hydrogen) atoms. The number of methoxy groups -OCH3 is 1. The van der Waals surface area contributed by atoms with Crippen LogP contribution in [0.1, 0.15) is 47.7 Å². The first kappa shape index (κ1) is 15.9. The fourth-order valence-corrected chi connectivity index (χ4v) is 1.86. The molecule has 0 aliphatic heterocycles. The zero-order valence-electron chi connectivity index (χ0n) is 12.0. The number of carbonyl (C=O) groups excluding carboxylic acids is 1. The van der Waals surface area contributed by atoms with Crippen LogP contribution in [0.25, 0.3) is 0 Å². The maximum Gasteiger partial charge on any atom is 0.354 e. The summed E-state index contributed by atoms with van der Waals surface area (Å²) >= 11 is 0. The third-order valence-electron chi connectivity index (χ3n) is 2.75. The molecular formula is C14H20N2O4. The third kappa shape index (κ3) is 3.94. The molecule has 1 heterocycles. The fraction of sp³-hybridized carbons (Fsp3) is 0.500. The Bertz CT molecular complexity index is 482. The average molecular weight is 280 g/mol. The minimum absolute atomic E-state index is 0.101. The molecule has 1 N–H and O–H groups in total. The number of pyridine rings is 1. The summed E-state index contributed by atoms with van der Waals surface area (Å²) in [6, 6.07) is 2.76. The smallest absolute Gasteiger partial charge is 0.354 e. The van der Waals surface area contributed by atoms with Crippen LogP contribution in [0.4, 0.5) is 0 Å². The molecule has 1 amide bonds. The highest BCUT2D eigenvalue weighted by Crippen LogP contribution is 2.16. The molecular weight excluding hydrogens is 260 g/mol. The molecule has 6 nitrogen and oxygen atoms in total. The third-order valence-corrected chi connectivity index (χ3v) is 2.75. The molecule has 0 aromatic carbocycles. The van der Waals surface area contributed by atoms with E-state index >= 15 is 0 Å². The van der Waals surface area contributed by atoms with E-state index in [0.29, 0.717) is 18.8 Å². The molecule has 0 aliphatic carbocycles. The van der Waals surface area contributed by atoms with Gasteiger partial charge in [-0.3, -0.25) is 4.79 Å². The molecule has 0 spiro atoms. The Morgan fingerprint density at radius 1 is 1.20 bits per heavy atom. The summed E-state index contributed by atoms with van der Waals surface area (Å²) in [6.45, 7) is 5.21. The summed E-state index contributed by atoms with van der Waals surface area (Å²) in [5.41, 5.74) is -0.0932. The van der Waals surface area contributed by atoms with Gasteiger partial charge in [0.2, 0.25) is 0 Å². The van der Waals surface area contributed by atoms with Crippen molar-refractivity contribution in [3.05, 3.63) is 23.5 Å². The van der Waals surface area contributed by atoms with Crippen LogP contribution in [0.5, 0.6) is 5.75 Å². The van der Waals surface area contributed by atoms with Crippen LogP contribution in [0.2, 0.25) is 0 Å². The van der Waals surface area contributed by atoms with Gasteiger partial charge in [0.1, 0.15) is 11.4 Å². The quantitative estimate of drug-likeness (QED) is 0.826. The normalized spacial score (nSPS) is 10.2. The van der Waals surface area contributed by atoms with Gasteiger partial charge < -0.3 is 14.7 Å². The van der Waals surface area contributed by atoms with Crippen molar-refractivity contribution < 1.29 is 19.4 Å². The number of amides is 1. The highest BCUT2D eigenvalue weighted by atomic mass is 16.5. The zero-order valence-corrected chi connectivity index (χ0v) is 12.0. The summed E-state index contributed by atoms with van der Waals surface area (Å²) in [7, 11) is 1.42. The van der Waals surface area contributed by atoms with Gasteiger partial charge in [-0.25, -0.2) is 9.78 Å². The van der Waals surface area contributed by atoms with Gasteiger partial charge in [-0.1, -0.05) is 13.8 Å². The van der Waals surface area contributed by atoms with Crippen LogP contribution in [-0.2, 0) is 0 Å². The SMILES string of the molecule is CCCN(CCC)C(=O)c1cc(OC)cc(C(=O)O)n1. The van der Waals surface area contributed by atoms with Crippen LogP contribution in [0, 0.1) is 0 Å². The van der Waals surface area contributed by atoms with Crippen LogP contribution in [-0.4, -0.2) is 47.1 Å². The second-order valence-corrected chi connectivity index (χ2v) is 4.37. The number of carbonyl (C=O) groups is 2. The molecule has 6 heteroatoms. The number of hydrogen-bond donors (Lipinski definition) is 1. The van der Waals surface area contributed by atoms with E-state index in [4.69, 9.17) is 9.84 Å². The second-order valence-electron chi connectivity index (χ2n) is 4.37. The number of carboxylic acid groups (broad SMARTS) is 1. The number of carboxylic acids is 1. The van der Waals surface area contributed by atoms with Crippen LogP contribution < -0.4 is 4.74 Å². The highest BCUT2D eigenvalue weighted by molar-refractivity contribution is 5.94. The summed E-state index contributed by atoms with van der Waals surface area (Å²) in [4.78, 5) is 29.0. The number of ether oxygens (including phenoxy) is 1. The van der Waals surface area contributed by atoms with Crippen LogP contribution >= 0.6 is 0 Å². The molecule has 0 saturated carbocycles. The van der Waals surface area contributed by atoms with Crippen molar-refractivity contribution >= 4 is 11.9 Å². The van der Waals surface area contributed by atoms with Crippen LogP contribution in [0.15, 0.2) is 12.1 Å². The standard InChI is InChI=1S/C14H20N2O4/c1-4-6-16(7-5-2)13(17)11-8-10(20-3)9-12(15-11)14(18)19/h8-9H,4-7H2,1-3H3,(H,18,19). The Balaban J connectivity index is 3.12. The highest BCUT2D eigenvalue weighted by Gasteiger charge is 2.19. The fourth-order valence-electron chi connectivity index (χ4n) is 1.86. The Labute approximate surface area is 118 Å². The van der Waals surface area contributed by atoms with Crippen molar-refractivity contribution in [1.82, 2.24) is 9.88 Å². The lowest BCUT2D eigenvalue weighted by atomic mass is 10.2. The Hall–Kier alpha value is -2.11. The predicted octanol–water partition coefficient (Wildman–Crippen LogP) is 2.05. The molecule has 0 saturated heterocycles. The van der Waals surface area contributed by atoms with E-state index < -0.39 is 5.97 Å². The molecule has 0 bridgehead atoms. The van der Waals surface area contributed by atoms with Gasteiger partial charge >= 0.3 is 5.97 Å². The maximum atomic E-state index is 12.4. The molecule has 110 valence electrons. The number of aromatic carboxylic acids is 1. The van der Waals surface area contributed by atoms with Crippen molar-refractivity contribution in [3.63, 3.8) is 0 Å². The molecule has 0 radical (unpaired) electrons. The predicted molar refractivity (Wildman–Crippen MR) is 74.2 cm³/mol. The first-order valence-electron chi connectivity index (χ1n) is 6.62. The summed E-state index contributed by atoms with van der Waals surface area (Å²) in [5, 5.41) is 9.01. The van der Waals surface area contributed by atoms with E-state index in [1.807, 2.05) is 13.8 Å². The van der Waals surface area contributed by atoms with Gasteiger partial charge in [0.05, 0.1) is 7.11 Å². The van der Waals surface area contributed by atoms with Gasteiger partial charge in [-0.15, -0.1) is 0 Å². The van der Waals surface area contributed by atoms with E-state index in [1.54, 1.807) is 4.90 Å². The lowest BCUT2D eigenvalue weighted by Crippen LogP contribution is -2.33. The van der Waals surface area contributed by atoms with Crippen molar-refractivity contribution in [1.29, 1.82) is 0 Å². The van der Waals surface area contributed by atoms with Crippen molar-refractivity contribution in [3.8, 4) is 5.75 Å². The minimum atomic E-state index is -1.18. The Morgan fingerprint density at radius 2 is 1.75 bits per heavy atom. The van der Waals surface area contributed by atoms with E-state index in [1.165, 1.54) is 19.2 Å². The van der Waals surface area contributed by atoms with Gasteiger partial charge in [0.25, 0.3) is 5.91 Å². The van der Waals surface area contributed by atoms with Gasteiger partial charge in [-0.2, -0.15) is 0 Å². The summed E-state index contributed by atoms with van der Waals surface area (Å²) in [5.74, 6) is -1.14. The topological polar surface area (TPSA) is 79.7 Å². The van der Waals surface area contributed by atoms with Crippen molar-refractivity contribution in [2.45, 2.75) is 26.7 Å². The lowest BCUT2D eigenvalue weighted by Gasteiger charge is -2.21. The molecule has 1 aromatic heterocycles. The largest absolute Gasteiger partial charge is 0.497 e. The van der Waals surface area contributed by atoms with Crippen molar-refractivity contribution in [2.75, 3.05) is 20.2 Å². The molecule has 0 aliphatic rings. The summed E-state index contributed by atoms with van der Waals surface area (Å²) < 4.78 is 5.02. The number of rotatable bonds is 7. The van der Waals surface area contributed by atoms with E-state index in [2.05, 4.69) is 4.98 Å². The molecule has 1 rings (SSSR count). The Morgan fingerprint density at radius 3 is 2.20 bits per heavy atom. The second kappa shape index (κ2) is 7.47. The van der Waals surface area contributed by atoms with E-state index in [-0.39, 0.29) is 17.3 Å². The Kier molecular flexibility index (Phi) is 5.96. The molecule has 0 unspecified atom stereocenters. The van der Waals surface area contributed by atoms with Gasteiger partial charge in [0, 0.05) is 25.2 Å². The average Bonchev–Trinajstić information content (AvgIpc) is 2.45. The van der Waals surface area contributed by atoms with E-state index in [0.717, 1.165) is 12.8 Å². The number of nitrogens with zero attached hydrogens (tertiary/aromatic N) is 2. The van der Waals surface area contributed by atoms with E-state index in [9.17, 15) is 9.59 Å². The molecule has 0 atom stereocenters. The summed E-state index contributed by atoms with van der Waals surface area (Å²) in [6.07, 6.45) is 1.67. The first-order chi connectivity index (χ1) is 9.53. The number of aromatic nitrogens is 1. The minimum Gasteiger partial charge on any atom is -0.497 e. The first-order valence-corrected chi connectivity index (χ1v) is 6.62. The van der Waals surface area contributed by atoms with Gasteiger partial charge in [0.15, 0.2) is 5.69 Å². The zero-order chi connectivity index (χ0) is 15.1. The van der Waals surface area contributed by atoms with Crippen LogP contribution in [0.3, 0.4) is 0 Å². The monoisotopic (exact) mass is 280 g/mol. The number of hydrogen-bond acceptors (Lipinski definition) is 4.